The van der Waals surface area contributed by atoms with Gasteiger partial charge in [-0.2, -0.15) is 0 Å². The number of aliphatic hydroxyl groups excluding tert-OH is 2. The van der Waals surface area contributed by atoms with Crippen LogP contribution in [0.4, 0.5) is 0 Å². The van der Waals surface area contributed by atoms with E-state index >= 15 is 0 Å². The van der Waals surface area contributed by atoms with Crippen LogP contribution < -0.4 is 5.73 Å². The van der Waals surface area contributed by atoms with Crippen molar-refractivity contribution in [2.24, 2.45) is 5.73 Å². The Kier molecular flexibility index (Phi) is 6.73. The van der Waals surface area contributed by atoms with Crippen LogP contribution >= 0.6 is 0 Å². The van der Waals surface area contributed by atoms with Crippen molar-refractivity contribution in [2.45, 2.75) is 43.9 Å². The molecule has 1 saturated heterocycles. The summed E-state index contributed by atoms with van der Waals surface area (Å²) >= 11 is 0. The topological polar surface area (TPSA) is 94.2 Å². The number of hydrogen-bond acceptors (Lipinski definition) is 6. The molecule has 0 spiro atoms. The summed E-state index contributed by atoms with van der Waals surface area (Å²) in [7, 11) is 0. The fourth-order valence-electron chi connectivity index (χ4n) is 2.93. The summed E-state index contributed by atoms with van der Waals surface area (Å²) in [4.78, 5) is 0. The molecule has 140 valence electrons. The maximum absolute atomic E-state index is 10.6. The van der Waals surface area contributed by atoms with Crippen molar-refractivity contribution in [1.29, 1.82) is 0 Å². The van der Waals surface area contributed by atoms with Crippen molar-refractivity contribution in [3.05, 3.63) is 71.8 Å². The van der Waals surface area contributed by atoms with E-state index in [1.54, 1.807) is 0 Å². The molecule has 0 aromatic heterocycles. The van der Waals surface area contributed by atoms with Gasteiger partial charge < -0.3 is 30.2 Å². The average molecular weight is 359 g/mol. The lowest BCUT2D eigenvalue weighted by molar-refractivity contribution is -0.262. The van der Waals surface area contributed by atoms with Gasteiger partial charge in [0.2, 0.25) is 0 Å². The van der Waals surface area contributed by atoms with E-state index in [0.717, 1.165) is 11.1 Å². The number of aliphatic hydroxyl groups is 2. The monoisotopic (exact) mass is 359 g/mol. The first-order valence-corrected chi connectivity index (χ1v) is 8.69. The molecule has 1 aliphatic rings. The van der Waals surface area contributed by atoms with Gasteiger partial charge in [0.25, 0.3) is 0 Å². The fraction of sp³-hybridized carbons (Fsp3) is 0.400. The van der Waals surface area contributed by atoms with Gasteiger partial charge in [-0.15, -0.1) is 0 Å². The molecule has 0 bridgehead atoms. The highest BCUT2D eigenvalue weighted by Gasteiger charge is 2.43. The highest BCUT2D eigenvalue weighted by atomic mass is 16.6. The van der Waals surface area contributed by atoms with E-state index in [9.17, 15) is 10.2 Å². The summed E-state index contributed by atoms with van der Waals surface area (Å²) in [6.45, 7) is 0.816. The lowest BCUT2D eigenvalue weighted by Crippen LogP contribution is -2.62. The second-order valence-corrected chi connectivity index (χ2v) is 6.39. The minimum atomic E-state index is -1.22. The number of benzene rings is 2. The molecular weight excluding hydrogens is 334 g/mol. The molecule has 0 radical (unpaired) electrons. The fourth-order valence-corrected chi connectivity index (χ4v) is 2.93. The first-order valence-electron chi connectivity index (χ1n) is 8.69. The van der Waals surface area contributed by atoms with Crippen LogP contribution in [-0.2, 0) is 27.4 Å². The largest absolute Gasteiger partial charge is 0.388 e. The predicted molar refractivity (Wildman–Crippen MR) is 96.0 cm³/mol. The molecule has 1 heterocycles. The second-order valence-electron chi connectivity index (χ2n) is 6.39. The van der Waals surface area contributed by atoms with Crippen molar-refractivity contribution in [3.63, 3.8) is 0 Å². The highest BCUT2D eigenvalue weighted by molar-refractivity contribution is 5.14. The van der Waals surface area contributed by atoms with Gasteiger partial charge >= 0.3 is 0 Å². The first-order chi connectivity index (χ1) is 12.6. The Morgan fingerprint density at radius 3 is 2.08 bits per heavy atom. The molecule has 1 aliphatic heterocycles. The minimum absolute atomic E-state index is 0.130. The number of rotatable bonds is 7. The zero-order valence-corrected chi connectivity index (χ0v) is 14.5. The zero-order valence-electron chi connectivity index (χ0n) is 14.5. The third kappa shape index (κ3) is 4.88. The standard InChI is InChI=1S/C20H25NO5/c21-17-19(25-12-15-9-5-2-6-10-15)18(22)16(26-20(17)23)13-24-11-14-7-3-1-4-8-14/h1-10,16-20,22-23H,11-13,21H2/t16?,17?,18-,19+,20+/m0/s1. The van der Waals surface area contributed by atoms with Crippen molar-refractivity contribution in [2.75, 3.05) is 6.61 Å². The summed E-state index contributed by atoms with van der Waals surface area (Å²) in [5.74, 6) is 0. The van der Waals surface area contributed by atoms with Gasteiger partial charge in [0.1, 0.15) is 18.3 Å². The number of nitrogens with two attached hydrogens (primary N) is 1. The number of ether oxygens (including phenoxy) is 3. The molecule has 5 atom stereocenters. The predicted octanol–water partition coefficient (Wildman–Crippen LogP) is 1.19. The third-order valence-electron chi connectivity index (χ3n) is 4.42. The van der Waals surface area contributed by atoms with Crippen LogP contribution in [0.3, 0.4) is 0 Å². The molecule has 0 amide bonds. The smallest absolute Gasteiger partial charge is 0.173 e. The zero-order chi connectivity index (χ0) is 18.4. The first kappa shape index (κ1) is 19.0. The molecule has 3 rings (SSSR count). The van der Waals surface area contributed by atoms with Crippen molar-refractivity contribution >= 4 is 0 Å². The maximum Gasteiger partial charge on any atom is 0.173 e. The molecule has 4 N–H and O–H groups in total. The summed E-state index contributed by atoms with van der Waals surface area (Å²) in [5, 5.41) is 20.6. The molecule has 2 unspecified atom stereocenters. The Balaban J connectivity index is 1.55. The molecule has 2 aromatic rings. The Hall–Kier alpha value is -1.80. The van der Waals surface area contributed by atoms with E-state index in [1.807, 2.05) is 60.7 Å². The van der Waals surface area contributed by atoms with Gasteiger partial charge in [-0.05, 0) is 11.1 Å². The quantitative estimate of drug-likeness (QED) is 0.688. The molecule has 1 fully saturated rings. The van der Waals surface area contributed by atoms with Gasteiger partial charge in [-0.1, -0.05) is 60.7 Å². The molecule has 6 heteroatoms. The lowest BCUT2D eigenvalue weighted by Gasteiger charge is -2.41. The third-order valence-corrected chi connectivity index (χ3v) is 4.42. The number of hydrogen-bond donors (Lipinski definition) is 3. The Labute approximate surface area is 153 Å². The van der Waals surface area contributed by atoms with Gasteiger partial charge in [0.15, 0.2) is 6.29 Å². The molecule has 6 nitrogen and oxygen atoms in total. The maximum atomic E-state index is 10.6. The van der Waals surface area contributed by atoms with Crippen LogP contribution in [0.2, 0.25) is 0 Å². The summed E-state index contributed by atoms with van der Waals surface area (Å²) in [6, 6.07) is 18.5. The minimum Gasteiger partial charge on any atom is -0.388 e. The molecule has 26 heavy (non-hydrogen) atoms. The van der Waals surface area contributed by atoms with Crippen LogP contribution in [-0.4, -0.2) is 47.5 Å². The van der Waals surface area contributed by atoms with E-state index in [-0.39, 0.29) is 6.61 Å². The summed E-state index contributed by atoms with van der Waals surface area (Å²) < 4.78 is 16.8. The summed E-state index contributed by atoms with van der Waals surface area (Å²) in [5.41, 5.74) is 7.94. The lowest BCUT2D eigenvalue weighted by atomic mass is 9.97. The van der Waals surface area contributed by atoms with Crippen LogP contribution in [0.15, 0.2) is 60.7 Å². The van der Waals surface area contributed by atoms with Crippen molar-refractivity contribution < 1.29 is 24.4 Å². The molecule has 0 aliphatic carbocycles. The van der Waals surface area contributed by atoms with E-state index in [4.69, 9.17) is 19.9 Å². The molecular formula is C20H25NO5. The summed E-state index contributed by atoms with van der Waals surface area (Å²) in [6.07, 6.45) is -3.67. The molecule has 0 saturated carbocycles. The average Bonchev–Trinajstić information content (AvgIpc) is 2.67. The highest BCUT2D eigenvalue weighted by Crippen LogP contribution is 2.23. The Morgan fingerprint density at radius 1 is 0.885 bits per heavy atom. The van der Waals surface area contributed by atoms with Gasteiger partial charge in [0, 0.05) is 0 Å². The van der Waals surface area contributed by atoms with Crippen LogP contribution in [0.5, 0.6) is 0 Å². The van der Waals surface area contributed by atoms with Gasteiger partial charge in [-0.25, -0.2) is 0 Å². The van der Waals surface area contributed by atoms with Crippen molar-refractivity contribution in [3.8, 4) is 0 Å². The van der Waals surface area contributed by atoms with Crippen molar-refractivity contribution in [1.82, 2.24) is 0 Å². The molecule has 2 aromatic carbocycles. The van der Waals surface area contributed by atoms with E-state index in [0.29, 0.717) is 13.2 Å². The SMILES string of the molecule is NC1[C@H](O)OC(COCc2ccccc2)[C@H](O)[C@@H]1OCc1ccccc1. The van der Waals surface area contributed by atoms with Crippen LogP contribution in [0.25, 0.3) is 0 Å². The second kappa shape index (κ2) is 9.23. The van der Waals surface area contributed by atoms with E-state index < -0.39 is 30.6 Å². The van der Waals surface area contributed by atoms with E-state index in [1.165, 1.54) is 0 Å². The van der Waals surface area contributed by atoms with Crippen LogP contribution in [0, 0.1) is 0 Å². The Morgan fingerprint density at radius 2 is 1.46 bits per heavy atom. The van der Waals surface area contributed by atoms with E-state index in [2.05, 4.69) is 0 Å². The van der Waals surface area contributed by atoms with Crippen LogP contribution in [0.1, 0.15) is 11.1 Å². The van der Waals surface area contributed by atoms with Gasteiger partial charge in [0.05, 0.1) is 25.9 Å². The Bertz CT molecular complexity index is 654. The van der Waals surface area contributed by atoms with Gasteiger partial charge in [-0.3, -0.25) is 0 Å². The normalized spacial score (nSPS) is 28.8.